The summed E-state index contributed by atoms with van der Waals surface area (Å²) in [5, 5.41) is 0. The average molecular weight is 775 g/mol. The van der Waals surface area contributed by atoms with Gasteiger partial charge in [0.2, 0.25) is 0 Å². The van der Waals surface area contributed by atoms with E-state index < -0.39 is 26.9 Å². The first-order valence-electron chi connectivity index (χ1n) is 10.9. The standard InChI is InChI=1S/2C8H20O5P2S2.2Zn/c2*1-5-9-14(16,10-6-2)13-15(17,11-7-3)12-8-4;;/h2*5-8H2,1-4H3;;. The van der Waals surface area contributed by atoms with Crippen molar-refractivity contribution in [1.82, 2.24) is 0 Å². The van der Waals surface area contributed by atoms with Crippen molar-refractivity contribution in [3.8, 4) is 0 Å². The van der Waals surface area contributed by atoms with Crippen LogP contribution in [0.4, 0.5) is 0 Å². The largest absolute Gasteiger partial charge is 0.334 e. The molecule has 0 aromatic carbocycles. The summed E-state index contributed by atoms with van der Waals surface area (Å²) in [6.07, 6.45) is 0. The van der Waals surface area contributed by atoms with Crippen molar-refractivity contribution < 1.29 is 83.8 Å². The predicted octanol–water partition coefficient (Wildman–Crippen LogP) is 7.19. The Bertz CT molecular complexity index is 572. The third-order valence-electron chi connectivity index (χ3n) is 2.70. The Kier molecular flexibility index (Phi) is 33.6. The predicted molar refractivity (Wildman–Crippen MR) is 152 cm³/mol. The summed E-state index contributed by atoms with van der Waals surface area (Å²) in [6.45, 7) is 6.17. The Hall–Kier alpha value is 3.45. The quantitative estimate of drug-likeness (QED) is 0.0923. The molecule has 0 saturated heterocycles. The molecule has 0 radical (unpaired) electrons. The second kappa shape index (κ2) is 26.1. The van der Waals surface area contributed by atoms with Crippen molar-refractivity contribution >= 4 is 74.1 Å². The van der Waals surface area contributed by atoms with Gasteiger partial charge in [-0.05, 0) is 103 Å². The first-order valence-corrected chi connectivity index (χ1v) is 21.1. The molecule has 0 amide bonds. The molecule has 0 aliphatic carbocycles. The molecule has 0 bridgehead atoms. The van der Waals surface area contributed by atoms with Gasteiger partial charge in [0.25, 0.3) is 0 Å². The van der Waals surface area contributed by atoms with E-state index in [1.807, 2.05) is 55.4 Å². The van der Waals surface area contributed by atoms with Gasteiger partial charge < -0.3 is 36.2 Å². The summed E-state index contributed by atoms with van der Waals surface area (Å²) in [5.41, 5.74) is 0. The molecule has 0 rings (SSSR count). The minimum absolute atomic E-state index is 0. The molecule has 0 spiro atoms. The van der Waals surface area contributed by atoms with Crippen LogP contribution in [0.5, 0.6) is 0 Å². The van der Waals surface area contributed by atoms with Crippen LogP contribution in [0.3, 0.4) is 0 Å². The Morgan fingerprint density at radius 3 is 0.528 bits per heavy atom. The van der Waals surface area contributed by atoms with Crippen LogP contribution in [-0.2, 0) is 131 Å². The van der Waals surface area contributed by atoms with Gasteiger partial charge in [0.1, 0.15) is 0 Å². The molecule has 0 aromatic heterocycles. The van der Waals surface area contributed by atoms with Gasteiger partial charge >= 0.3 is 26.9 Å². The van der Waals surface area contributed by atoms with Crippen molar-refractivity contribution in [3.63, 3.8) is 0 Å². The third kappa shape index (κ3) is 22.1. The van der Waals surface area contributed by atoms with Gasteiger partial charge in [-0.3, -0.25) is 0 Å². The van der Waals surface area contributed by atoms with Crippen LogP contribution >= 0.6 is 26.9 Å². The molecule has 0 aliphatic heterocycles. The van der Waals surface area contributed by atoms with Gasteiger partial charge in [0, 0.05) is 39.0 Å². The topological polar surface area (TPSA) is 92.3 Å². The van der Waals surface area contributed by atoms with Gasteiger partial charge in [-0.2, -0.15) is 0 Å². The van der Waals surface area contributed by atoms with Gasteiger partial charge in [-0.1, -0.05) is 0 Å². The zero-order valence-electron chi connectivity index (χ0n) is 22.6. The Balaban J connectivity index is -0.000000269. The van der Waals surface area contributed by atoms with Crippen LogP contribution in [0, 0.1) is 0 Å². The van der Waals surface area contributed by atoms with E-state index in [1.54, 1.807) is 0 Å². The fourth-order valence-electron chi connectivity index (χ4n) is 1.85. The zero-order chi connectivity index (χ0) is 26.7. The maximum atomic E-state index is 5.55. The molecule has 0 heterocycles. The maximum Gasteiger partial charge on any atom is 0.334 e. The van der Waals surface area contributed by atoms with Crippen LogP contribution in [0.25, 0.3) is 0 Å². The fourth-order valence-corrected chi connectivity index (χ4v) is 14.6. The maximum absolute atomic E-state index is 5.55. The smallest absolute Gasteiger partial charge is 0.309 e. The minimum Gasteiger partial charge on any atom is -0.309 e. The van der Waals surface area contributed by atoms with Crippen molar-refractivity contribution in [1.29, 1.82) is 0 Å². The van der Waals surface area contributed by atoms with E-state index in [1.165, 1.54) is 0 Å². The summed E-state index contributed by atoms with van der Waals surface area (Å²) in [4.78, 5) is 0. The SMILES string of the molecule is CCOP(=S)(OCC)OP(=S)(OCC)OCC.CCOP(=S)(OCC)OP(=S)(OCC)OCC.[Zn].[Zn]. The second-order valence-corrected chi connectivity index (χ2v) is 17.6. The van der Waals surface area contributed by atoms with Gasteiger partial charge in [-0.25, -0.2) is 8.62 Å². The van der Waals surface area contributed by atoms with E-state index in [2.05, 4.69) is 0 Å². The summed E-state index contributed by atoms with van der Waals surface area (Å²) in [6, 6.07) is 0. The Morgan fingerprint density at radius 1 is 0.333 bits per heavy atom. The molecule has 0 atom stereocenters. The summed E-state index contributed by atoms with van der Waals surface area (Å²) in [7, 11) is 0. The van der Waals surface area contributed by atoms with E-state index in [4.69, 9.17) is 92.0 Å². The summed E-state index contributed by atoms with van der Waals surface area (Å²) in [5.74, 6) is 0. The number of hydrogen-bond acceptors (Lipinski definition) is 14. The average Bonchev–Trinajstić information content (AvgIpc) is 2.69. The molecule has 36 heavy (non-hydrogen) atoms. The van der Waals surface area contributed by atoms with Crippen LogP contribution < -0.4 is 0 Å². The van der Waals surface area contributed by atoms with Crippen molar-refractivity contribution in [2.75, 3.05) is 52.9 Å². The first-order chi connectivity index (χ1) is 15.9. The Morgan fingerprint density at radius 2 is 0.444 bits per heavy atom. The number of rotatable bonds is 20. The first kappa shape index (κ1) is 46.4. The summed E-state index contributed by atoms with van der Waals surface area (Å²) >= 11 is 20.9. The molecule has 0 saturated carbocycles. The normalized spacial score (nSPS) is 12.2. The Labute approximate surface area is 264 Å². The van der Waals surface area contributed by atoms with E-state index >= 15 is 0 Å². The van der Waals surface area contributed by atoms with Crippen LogP contribution in [-0.4, -0.2) is 52.9 Å². The molecular formula is C16H40O10P4S4Zn2. The third-order valence-corrected chi connectivity index (χ3v) is 15.4. The molecule has 0 fully saturated rings. The molecule has 0 aromatic rings. The molecule has 10 nitrogen and oxygen atoms in total. The van der Waals surface area contributed by atoms with Crippen molar-refractivity contribution in [2.24, 2.45) is 0 Å². The van der Waals surface area contributed by atoms with Gasteiger partial charge in [-0.15, -0.1) is 0 Å². The molecule has 0 aliphatic rings. The second-order valence-electron chi connectivity index (χ2n) is 5.29. The monoisotopic (exact) mass is 772 g/mol. The van der Waals surface area contributed by atoms with Crippen molar-refractivity contribution in [2.45, 2.75) is 55.4 Å². The van der Waals surface area contributed by atoms with E-state index in [0.29, 0.717) is 52.9 Å². The van der Waals surface area contributed by atoms with E-state index in [-0.39, 0.29) is 39.0 Å². The molecule has 0 unspecified atom stereocenters. The van der Waals surface area contributed by atoms with E-state index in [0.717, 1.165) is 0 Å². The molecule has 20 heteroatoms. The van der Waals surface area contributed by atoms with Crippen LogP contribution in [0.15, 0.2) is 0 Å². The molecule has 212 valence electrons. The van der Waals surface area contributed by atoms with Crippen LogP contribution in [0.2, 0.25) is 0 Å². The van der Waals surface area contributed by atoms with Crippen LogP contribution in [0.1, 0.15) is 55.4 Å². The molecule has 0 N–H and O–H groups in total. The summed E-state index contributed by atoms with van der Waals surface area (Å²) < 4.78 is 53.8. The minimum atomic E-state index is -2.87. The zero-order valence-corrected chi connectivity index (χ0v) is 35.4. The molecular weight excluding hydrogens is 735 g/mol. The van der Waals surface area contributed by atoms with Crippen molar-refractivity contribution in [3.05, 3.63) is 0 Å². The van der Waals surface area contributed by atoms with Gasteiger partial charge in [0.15, 0.2) is 0 Å². The van der Waals surface area contributed by atoms with Gasteiger partial charge in [0.05, 0.1) is 52.9 Å². The number of hydrogen-bond donors (Lipinski definition) is 0. The fraction of sp³-hybridized carbons (Fsp3) is 1.00. The van der Waals surface area contributed by atoms with E-state index in [9.17, 15) is 0 Å².